The number of fused-ring (bicyclic) bond motifs is 12. The van der Waals surface area contributed by atoms with E-state index in [1.165, 1.54) is 238 Å². The summed E-state index contributed by atoms with van der Waals surface area (Å²) in [5.41, 5.74) is 25.9. The van der Waals surface area contributed by atoms with Gasteiger partial charge in [0, 0.05) is 143 Å². The van der Waals surface area contributed by atoms with Crippen LogP contribution in [0.25, 0.3) is 99.2 Å². The number of carboxylic acid groups (broad SMARTS) is 1. The highest BCUT2D eigenvalue weighted by molar-refractivity contribution is 6.07. The third-order valence-electron chi connectivity index (χ3n) is 25.4. The molecule has 107 heavy (non-hydrogen) atoms. The van der Waals surface area contributed by atoms with E-state index in [0.29, 0.717) is 34.4 Å². The minimum absolute atomic E-state index is 0.266. The molecule has 6 aromatic carbocycles. The lowest BCUT2D eigenvalue weighted by atomic mass is 9.81. The smallest absolute Gasteiger partial charge is 0.337 e. The van der Waals surface area contributed by atoms with E-state index in [1.807, 2.05) is 18.2 Å². The van der Waals surface area contributed by atoms with E-state index in [0.717, 1.165) is 103 Å². The van der Waals surface area contributed by atoms with Gasteiger partial charge in [-0.2, -0.15) is 0 Å². The topological polar surface area (TPSA) is 129 Å². The van der Waals surface area contributed by atoms with Gasteiger partial charge in [0.1, 0.15) is 0 Å². The number of benzene rings is 6. The zero-order valence-corrected chi connectivity index (χ0v) is 64.6. The highest BCUT2D eigenvalue weighted by Gasteiger charge is 2.35. The summed E-state index contributed by atoms with van der Waals surface area (Å²) in [4.78, 5) is 43.9. The Morgan fingerprint density at radius 1 is 0.383 bits per heavy atom. The lowest BCUT2D eigenvalue weighted by Gasteiger charge is -2.25. The van der Waals surface area contributed by atoms with Gasteiger partial charge in [-0.15, -0.1) is 0 Å². The third-order valence-corrected chi connectivity index (χ3v) is 25.4. The molecule has 0 unspecified atom stereocenters. The molecule has 6 aromatic heterocycles. The van der Waals surface area contributed by atoms with E-state index in [4.69, 9.17) is 9.47 Å². The third kappa shape index (κ3) is 13.3. The first-order valence-corrected chi connectivity index (χ1v) is 40.5. The number of carbonyl (C=O) groups excluding carboxylic acids is 2. The fourth-order valence-electron chi connectivity index (χ4n) is 19.9. The summed E-state index contributed by atoms with van der Waals surface area (Å²) in [7, 11) is 9.51. The number of carboxylic acids is 1. The van der Waals surface area contributed by atoms with E-state index in [2.05, 4.69) is 188 Å². The van der Waals surface area contributed by atoms with Crippen molar-refractivity contribution < 1.29 is 29.0 Å². The Bertz CT molecular complexity index is 5120. The molecule has 0 amide bonds. The van der Waals surface area contributed by atoms with Crippen molar-refractivity contribution in [3.63, 3.8) is 0 Å². The average molecular weight is 1440 g/mol. The second kappa shape index (κ2) is 30.8. The molecule has 9 heterocycles. The van der Waals surface area contributed by atoms with Crippen LogP contribution in [0, 0.1) is 0 Å². The second-order valence-corrected chi connectivity index (χ2v) is 31.9. The van der Waals surface area contributed by atoms with E-state index >= 15 is 0 Å². The van der Waals surface area contributed by atoms with E-state index < -0.39 is 5.97 Å². The Kier molecular flexibility index (Phi) is 20.8. The van der Waals surface area contributed by atoms with Gasteiger partial charge in [-0.25, -0.2) is 14.4 Å². The Morgan fingerprint density at radius 3 is 0.972 bits per heavy atom. The van der Waals surface area contributed by atoms with Gasteiger partial charge in [-0.1, -0.05) is 151 Å². The summed E-state index contributed by atoms with van der Waals surface area (Å²) < 4.78 is 25.2. The quantitative estimate of drug-likeness (QED) is 0.0998. The van der Waals surface area contributed by atoms with Gasteiger partial charge in [0.15, 0.2) is 0 Å². The molecule has 15 nitrogen and oxygen atoms in total. The standard InChI is InChI=1S/2C31H37N3O2.C30H35N3O2/c2*1-4-32(2)19-23-20-33-16-9-17-34-27-18-22(31(35)36-3)14-15-25(27)28(21-10-6-5-7-11-21)30(34)26-13-8-12-24(23)29(26)33;1-3-31(2)18-22-19-32-15-8-16-33-26-17-21(30(34)35)13-14-24(26)27(20-9-5-4-6-10-20)29(33)25-12-7-11-23(22)28(25)32/h2*8,12-15,18,20-21H,4-7,9-11,16-17,19H2,1-3H3;7,11-14,17,19-20H,3-6,8-10,15-16,18H2,1-2H3,(H,34,35). The lowest BCUT2D eigenvalue weighted by Crippen LogP contribution is -2.16. The van der Waals surface area contributed by atoms with E-state index in [9.17, 15) is 19.5 Å². The largest absolute Gasteiger partial charge is 0.478 e. The lowest BCUT2D eigenvalue weighted by molar-refractivity contribution is 0.0592. The van der Waals surface area contributed by atoms with Crippen molar-refractivity contribution >= 4 is 83.3 Å². The Morgan fingerprint density at radius 2 is 0.682 bits per heavy atom. The second-order valence-electron chi connectivity index (χ2n) is 31.9. The van der Waals surface area contributed by atoms with Crippen LogP contribution in [0.4, 0.5) is 0 Å². The van der Waals surface area contributed by atoms with Gasteiger partial charge in [0.25, 0.3) is 0 Å². The van der Waals surface area contributed by atoms with Crippen molar-refractivity contribution in [3.05, 3.63) is 178 Å². The summed E-state index contributed by atoms with van der Waals surface area (Å²) in [5, 5.41) is 17.7. The summed E-state index contributed by atoms with van der Waals surface area (Å²) in [5.74, 6) is 0.266. The molecule has 1 N–H and O–H groups in total. The van der Waals surface area contributed by atoms with Crippen molar-refractivity contribution in [3.8, 4) is 33.8 Å². The van der Waals surface area contributed by atoms with Crippen molar-refractivity contribution in [2.75, 3.05) is 55.0 Å². The number of esters is 2. The number of para-hydroxylation sites is 3. The van der Waals surface area contributed by atoms with Gasteiger partial charge < -0.3 is 56.7 Å². The highest BCUT2D eigenvalue weighted by Crippen LogP contribution is 2.51. The molecule has 15 heteroatoms. The van der Waals surface area contributed by atoms with E-state index in [1.54, 1.807) is 6.07 Å². The van der Waals surface area contributed by atoms with Crippen molar-refractivity contribution in [1.82, 2.24) is 42.1 Å². The first kappa shape index (κ1) is 72.1. The first-order chi connectivity index (χ1) is 52.3. The molecule has 3 fully saturated rings. The molecule has 3 saturated carbocycles. The summed E-state index contributed by atoms with van der Waals surface area (Å²) in [6.45, 7) is 18.4. The van der Waals surface area contributed by atoms with Crippen molar-refractivity contribution in [2.24, 2.45) is 0 Å². The predicted octanol–water partition coefficient (Wildman–Crippen LogP) is 20.8. The minimum atomic E-state index is -0.854. The molecule has 558 valence electrons. The van der Waals surface area contributed by atoms with Gasteiger partial charge >= 0.3 is 17.9 Å². The Balaban J connectivity index is 0.000000123. The predicted molar refractivity (Wildman–Crippen MR) is 436 cm³/mol. The Labute approximate surface area is 630 Å². The van der Waals surface area contributed by atoms with Crippen LogP contribution < -0.4 is 0 Å². The van der Waals surface area contributed by atoms with Gasteiger partial charge in [-0.05, 0) is 186 Å². The van der Waals surface area contributed by atoms with Crippen LogP contribution in [0.3, 0.4) is 0 Å². The number of nitrogens with zero attached hydrogens (tertiary/aromatic N) is 9. The van der Waals surface area contributed by atoms with Crippen molar-refractivity contribution in [2.45, 2.75) is 213 Å². The number of hydrogen-bond donors (Lipinski definition) is 1. The number of aryl methyl sites for hydroxylation is 6. The van der Waals surface area contributed by atoms with Crippen LogP contribution >= 0.6 is 0 Å². The number of aromatic nitrogens is 6. The van der Waals surface area contributed by atoms with Crippen LogP contribution in [0.5, 0.6) is 0 Å². The maximum absolute atomic E-state index is 12.5. The zero-order chi connectivity index (χ0) is 73.7. The van der Waals surface area contributed by atoms with Crippen molar-refractivity contribution in [1.29, 1.82) is 0 Å². The molecule has 0 atom stereocenters. The van der Waals surface area contributed by atoms with Crippen LogP contribution in [0.2, 0.25) is 0 Å². The van der Waals surface area contributed by atoms with Gasteiger partial charge in [0.05, 0.1) is 64.5 Å². The monoisotopic (exact) mass is 1440 g/mol. The van der Waals surface area contributed by atoms with Crippen LogP contribution in [-0.2, 0) is 68.4 Å². The fraction of sp³-hybridized carbons (Fsp3) is 0.446. The van der Waals surface area contributed by atoms with Gasteiger partial charge in [-0.3, -0.25) is 0 Å². The molecule has 0 spiro atoms. The molecular weight excluding hydrogens is 1330 g/mol. The molecule has 0 saturated heterocycles. The maximum Gasteiger partial charge on any atom is 0.337 e. The molecule has 18 rings (SSSR count). The summed E-state index contributed by atoms with van der Waals surface area (Å²) in [6, 6.07) is 38.8. The van der Waals surface area contributed by atoms with E-state index in [-0.39, 0.29) is 11.9 Å². The molecule has 3 aliphatic carbocycles. The zero-order valence-electron chi connectivity index (χ0n) is 64.6. The number of methoxy groups -OCH3 is 2. The SMILES string of the molecule is CCN(C)Cc1cn2c3c(cccc13)-c1c(C3CCCCC3)c3ccc(C(=O)O)cc3n1CCC2.CCN(C)Cc1cn2c3c(cccc13)-c1c(C3CCCCC3)c3ccc(C(=O)OC)cc3n1CCC2.CCN(C)Cc1cn2c3c(cccc13)-c1c(C3CCCCC3)c3ccc(C(=O)OC)cc3n1CCC2. The van der Waals surface area contributed by atoms with Crippen LogP contribution in [0.1, 0.15) is 219 Å². The molecule has 3 aliphatic heterocycles. The number of ether oxygens (including phenoxy) is 2. The number of rotatable bonds is 15. The molecule has 0 radical (unpaired) electrons. The minimum Gasteiger partial charge on any atom is -0.478 e. The molecular formula is C92H109N9O6. The maximum atomic E-state index is 12.5. The number of carbonyl (C=O) groups is 3. The Hall–Kier alpha value is -9.15. The van der Waals surface area contributed by atoms with Crippen LogP contribution in [0.15, 0.2) is 128 Å². The number of aromatic carboxylic acids is 1. The molecule has 0 bridgehead atoms. The average Bonchev–Trinajstić information content (AvgIpc) is 1.58. The van der Waals surface area contributed by atoms with Crippen LogP contribution in [-0.4, -0.2) is 120 Å². The first-order valence-electron chi connectivity index (χ1n) is 40.5. The molecule has 6 aliphatic rings. The van der Waals surface area contributed by atoms with Gasteiger partial charge in [0.2, 0.25) is 0 Å². The normalized spacial score (nSPS) is 16.4. The summed E-state index contributed by atoms with van der Waals surface area (Å²) in [6.07, 6.45) is 29.5. The highest BCUT2D eigenvalue weighted by atomic mass is 16.5. The number of hydrogen-bond acceptors (Lipinski definition) is 8. The molecule has 12 aromatic rings. The summed E-state index contributed by atoms with van der Waals surface area (Å²) >= 11 is 0. The fourth-order valence-corrected chi connectivity index (χ4v) is 19.9.